The summed E-state index contributed by atoms with van der Waals surface area (Å²) in [6.07, 6.45) is 1.74. The van der Waals surface area contributed by atoms with E-state index in [-0.39, 0.29) is 5.82 Å². The molecule has 0 aromatic heterocycles. The van der Waals surface area contributed by atoms with Crippen LogP contribution in [0.4, 0.5) is 10.1 Å². The SMILES string of the molecule is CC1CCCN(c2ccc(C(C)O)cc2F)C1. The Morgan fingerprint density at radius 3 is 2.82 bits per heavy atom. The number of nitrogens with zero attached hydrogens (tertiary/aromatic N) is 1. The quantitative estimate of drug-likeness (QED) is 0.854. The Kier molecular flexibility index (Phi) is 3.67. The standard InChI is InChI=1S/C14H20FNO/c1-10-4-3-7-16(9-10)14-6-5-12(11(2)17)8-13(14)15/h5-6,8,10-11,17H,3-4,7,9H2,1-2H3. The predicted octanol–water partition coefficient (Wildman–Crippen LogP) is 3.12. The average molecular weight is 237 g/mol. The Morgan fingerprint density at radius 1 is 1.47 bits per heavy atom. The molecule has 94 valence electrons. The van der Waals surface area contributed by atoms with E-state index in [1.807, 2.05) is 6.07 Å². The Hall–Kier alpha value is -1.09. The van der Waals surface area contributed by atoms with Gasteiger partial charge in [-0.05, 0) is 43.4 Å². The van der Waals surface area contributed by atoms with Crippen LogP contribution in [-0.2, 0) is 0 Å². The summed E-state index contributed by atoms with van der Waals surface area (Å²) in [5.74, 6) is 0.400. The lowest BCUT2D eigenvalue weighted by molar-refractivity contribution is 0.199. The van der Waals surface area contributed by atoms with E-state index in [1.54, 1.807) is 13.0 Å². The van der Waals surface area contributed by atoms with Crippen molar-refractivity contribution in [2.45, 2.75) is 32.8 Å². The number of aliphatic hydroxyl groups excluding tert-OH is 1. The zero-order chi connectivity index (χ0) is 12.4. The van der Waals surface area contributed by atoms with Gasteiger partial charge in [0.2, 0.25) is 0 Å². The Labute approximate surface area is 102 Å². The van der Waals surface area contributed by atoms with Crippen LogP contribution >= 0.6 is 0 Å². The van der Waals surface area contributed by atoms with Crippen molar-refractivity contribution >= 4 is 5.69 Å². The van der Waals surface area contributed by atoms with Crippen molar-refractivity contribution in [3.05, 3.63) is 29.6 Å². The topological polar surface area (TPSA) is 23.5 Å². The van der Waals surface area contributed by atoms with Crippen LogP contribution in [0.5, 0.6) is 0 Å². The van der Waals surface area contributed by atoms with Gasteiger partial charge in [-0.3, -0.25) is 0 Å². The molecule has 1 heterocycles. The van der Waals surface area contributed by atoms with E-state index in [0.29, 0.717) is 17.2 Å². The summed E-state index contributed by atoms with van der Waals surface area (Å²) in [5, 5.41) is 9.41. The molecule has 1 aliphatic heterocycles. The monoisotopic (exact) mass is 237 g/mol. The van der Waals surface area contributed by atoms with Crippen molar-refractivity contribution in [2.24, 2.45) is 5.92 Å². The van der Waals surface area contributed by atoms with E-state index >= 15 is 0 Å². The number of anilines is 1. The van der Waals surface area contributed by atoms with Crippen molar-refractivity contribution < 1.29 is 9.50 Å². The molecule has 1 aromatic rings. The van der Waals surface area contributed by atoms with Gasteiger partial charge in [0, 0.05) is 13.1 Å². The molecule has 1 N–H and O–H groups in total. The first-order valence-electron chi connectivity index (χ1n) is 6.30. The third-order valence-corrected chi connectivity index (χ3v) is 3.45. The Balaban J connectivity index is 2.21. The lowest BCUT2D eigenvalue weighted by Gasteiger charge is -2.33. The zero-order valence-corrected chi connectivity index (χ0v) is 10.5. The van der Waals surface area contributed by atoms with E-state index in [9.17, 15) is 9.50 Å². The molecule has 0 radical (unpaired) electrons. The van der Waals surface area contributed by atoms with E-state index in [0.717, 1.165) is 19.5 Å². The zero-order valence-electron chi connectivity index (χ0n) is 10.5. The highest BCUT2D eigenvalue weighted by Crippen LogP contribution is 2.27. The van der Waals surface area contributed by atoms with Crippen LogP contribution in [0, 0.1) is 11.7 Å². The van der Waals surface area contributed by atoms with Crippen molar-refractivity contribution in [3.63, 3.8) is 0 Å². The average Bonchev–Trinajstić information content (AvgIpc) is 2.28. The Bertz CT molecular complexity index is 392. The van der Waals surface area contributed by atoms with Gasteiger partial charge in [-0.2, -0.15) is 0 Å². The first-order chi connectivity index (χ1) is 8.08. The lowest BCUT2D eigenvalue weighted by Crippen LogP contribution is -2.34. The normalized spacial score (nSPS) is 22.6. The van der Waals surface area contributed by atoms with Gasteiger partial charge in [0.15, 0.2) is 0 Å². The van der Waals surface area contributed by atoms with Crippen molar-refractivity contribution in [1.82, 2.24) is 0 Å². The van der Waals surface area contributed by atoms with Crippen LogP contribution in [0.3, 0.4) is 0 Å². The molecular weight excluding hydrogens is 217 g/mol. The van der Waals surface area contributed by atoms with E-state index in [2.05, 4.69) is 11.8 Å². The fourth-order valence-corrected chi connectivity index (χ4v) is 2.45. The molecule has 1 saturated heterocycles. The summed E-state index contributed by atoms with van der Waals surface area (Å²) in [5.41, 5.74) is 1.30. The maximum Gasteiger partial charge on any atom is 0.146 e. The summed E-state index contributed by atoms with van der Waals surface area (Å²) in [6, 6.07) is 5.04. The van der Waals surface area contributed by atoms with E-state index < -0.39 is 6.10 Å². The summed E-state index contributed by atoms with van der Waals surface area (Å²) in [6.45, 7) is 5.70. The molecule has 0 bridgehead atoms. The Morgan fingerprint density at radius 2 is 2.24 bits per heavy atom. The van der Waals surface area contributed by atoms with Gasteiger partial charge < -0.3 is 10.0 Å². The van der Waals surface area contributed by atoms with Crippen molar-refractivity contribution in [2.75, 3.05) is 18.0 Å². The second-order valence-corrected chi connectivity index (χ2v) is 5.08. The molecule has 2 rings (SSSR count). The van der Waals surface area contributed by atoms with Gasteiger partial charge in [-0.15, -0.1) is 0 Å². The maximum absolute atomic E-state index is 14.0. The largest absolute Gasteiger partial charge is 0.389 e. The third-order valence-electron chi connectivity index (χ3n) is 3.45. The molecule has 17 heavy (non-hydrogen) atoms. The summed E-state index contributed by atoms with van der Waals surface area (Å²) >= 11 is 0. The number of benzene rings is 1. The number of halogens is 1. The molecule has 0 saturated carbocycles. The van der Waals surface area contributed by atoms with Crippen LogP contribution in [-0.4, -0.2) is 18.2 Å². The van der Waals surface area contributed by atoms with Gasteiger partial charge in [0.25, 0.3) is 0 Å². The molecular formula is C14H20FNO. The molecule has 2 unspecified atom stereocenters. The predicted molar refractivity (Wildman–Crippen MR) is 67.6 cm³/mol. The summed E-state index contributed by atoms with van der Waals surface area (Å²) in [4.78, 5) is 2.11. The summed E-state index contributed by atoms with van der Waals surface area (Å²) < 4.78 is 14.0. The number of piperidine rings is 1. The molecule has 1 fully saturated rings. The summed E-state index contributed by atoms with van der Waals surface area (Å²) in [7, 11) is 0. The number of hydrogen-bond acceptors (Lipinski definition) is 2. The van der Waals surface area contributed by atoms with Crippen molar-refractivity contribution in [3.8, 4) is 0 Å². The molecule has 0 amide bonds. The highest BCUT2D eigenvalue weighted by atomic mass is 19.1. The number of rotatable bonds is 2. The van der Waals surface area contributed by atoms with E-state index in [4.69, 9.17) is 0 Å². The molecule has 0 aliphatic carbocycles. The molecule has 0 spiro atoms. The van der Waals surface area contributed by atoms with E-state index in [1.165, 1.54) is 12.5 Å². The fraction of sp³-hybridized carbons (Fsp3) is 0.571. The minimum absolute atomic E-state index is 0.225. The fourth-order valence-electron chi connectivity index (χ4n) is 2.45. The minimum atomic E-state index is -0.612. The second-order valence-electron chi connectivity index (χ2n) is 5.08. The van der Waals surface area contributed by atoms with Crippen LogP contribution in [0.2, 0.25) is 0 Å². The smallest absolute Gasteiger partial charge is 0.146 e. The van der Waals surface area contributed by atoms with Gasteiger partial charge in [-0.25, -0.2) is 4.39 Å². The molecule has 2 atom stereocenters. The highest BCUT2D eigenvalue weighted by molar-refractivity contribution is 5.49. The maximum atomic E-state index is 14.0. The molecule has 2 nitrogen and oxygen atoms in total. The van der Waals surface area contributed by atoms with Crippen LogP contribution < -0.4 is 4.90 Å². The molecule has 3 heteroatoms. The van der Waals surface area contributed by atoms with Crippen LogP contribution in [0.15, 0.2) is 18.2 Å². The highest BCUT2D eigenvalue weighted by Gasteiger charge is 2.19. The first kappa shape index (κ1) is 12.4. The van der Waals surface area contributed by atoms with Gasteiger partial charge >= 0.3 is 0 Å². The van der Waals surface area contributed by atoms with Crippen LogP contribution in [0.25, 0.3) is 0 Å². The van der Waals surface area contributed by atoms with Gasteiger partial charge in [-0.1, -0.05) is 13.0 Å². The second kappa shape index (κ2) is 5.05. The lowest BCUT2D eigenvalue weighted by atomic mass is 9.99. The minimum Gasteiger partial charge on any atom is -0.389 e. The van der Waals surface area contributed by atoms with Gasteiger partial charge in [0.1, 0.15) is 5.82 Å². The number of hydrogen-bond donors (Lipinski definition) is 1. The molecule has 1 aromatic carbocycles. The number of aliphatic hydroxyl groups is 1. The van der Waals surface area contributed by atoms with Crippen LogP contribution in [0.1, 0.15) is 38.4 Å². The van der Waals surface area contributed by atoms with Crippen molar-refractivity contribution in [1.29, 1.82) is 0 Å². The molecule has 1 aliphatic rings. The van der Waals surface area contributed by atoms with Gasteiger partial charge in [0.05, 0.1) is 11.8 Å². The first-order valence-corrected chi connectivity index (χ1v) is 6.30. The third kappa shape index (κ3) is 2.78.